The summed E-state index contributed by atoms with van der Waals surface area (Å²) < 4.78 is 1.82. The van der Waals surface area contributed by atoms with Gasteiger partial charge in [0.2, 0.25) is 5.91 Å². The van der Waals surface area contributed by atoms with E-state index in [1.54, 1.807) is 12.3 Å². The molecule has 118 valence electrons. The number of imidazole rings is 1. The third-order valence-electron chi connectivity index (χ3n) is 3.87. The number of rotatable bonds is 3. The monoisotopic (exact) mass is 335 g/mol. The average Bonchev–Trinajstić information content (AvgIpc) is 2.96. The zero-order chi connectivity index (χ0) is 16.5. The number of hydrogen-bond donors (Lipinski definition) is 1. The van der Waals surface area contributed by atoms with E-state index in [9.17, 15) is 4.79 Å². The SMILES string of the molecule is O=C(Cc1cn2cc(Cl)ccc2n1)Nc1cccc2ccccc12. The molecular formula is C19H14ClN3O. The predicted molar refractivity (Wildman–Crippen MR) is 96.5 cm³/mol. The summed E-state index contributed by atoms with van der Waals surface area (Å²) in [7, 11) is 0. The first-order chi connectivity index (χ1) is 11.7. The van der Waals surface area contributed by atoms with Crippen molar-refractivity contribution in [1.29, 1.82) is 0 Å². The van der Waals surface area contributed by atoms with E-state index in [-0.39, 0.29) is 12.3 Å². The Morgan fingerprint density at radius 2 is 1.88 bits per heavy atom. The lowest BCUT2D eigenvalue weighted by molar-refractivity contribution is -0.115. The molecule has 24 heavy (non-hydrogen) atoms. The average molecular weight is 336 g/mol. The Labute approximate surface area is 143 Å². The molecule has 5 heteroatoms. The van der Waals surface area contributed by atoms with Gasteiger partial charge in [0.15, 0.2) is 0 Å². The minimum atomic E-state index is -0.0964. The predicted octanol–water partition coefficient (Wildman–Crippen LogP) is 4.32. The molecule has 0 atom stereocenters. The normalized spacial score (nSPS) is 11.0. The number of fused-ring (bicyclic) bond motifs is 2. The van der Waals surface area contributed by atoms with Crippen LogP contribution < -0.4 is 5.32 Å². The fourth-order valence-electron chi connectivity index (χ4n) is 2.80. The first-order valence-electron chi connectivity index (χ1n) is 7.60. The third-order valence-corrected chi connectivity index (χ3v) is 4.09. The van der Waals surface area contributed by atoms with Gasteiger partial charge in [0, 0.05) is 23.5 Å². The molecule has 2 aromatic heterocycles. The van der Waals surface area contributed by atoms with Gasteiger partial charge < -0.3 is 9.72 Å². The summed E-state index contributed by atoms with van der Waals surface area (Å²) >= 11 is 5.97. The van der Waals surface area contributed by atoms with Crippen LogP contribution in [0.2, 0.25) is 5.02 Å². The highest BCUT2D eigenvalue weighted by atomic mass is 35.5. The number of anilines is 1. The van der Waals surface area contributed by atoms with Gasteiger partial charge in [-0.05, 0) is 23.6 Å². The molecule has 0 aliphatic carbocycles. The largest absolute Gasteiger partial charge is 0.325 e. The molecule has 0 bridgehead atoms. The Hall–Kier alpha value is -2.85. The molecule has 4 nitrogen and oxygen atoms in total. The molecule has 4 rings (SSSR count). The van der Waals surface area contributed by atoms with Crippen LogP contribution in [0.1, 0.15) is 5.69 Å². The zero-order valence-corrected chi connectivity index (χ0v) is 13.5. The Balaban J connectivity index is 1.57. The Morgan fingerprint density at radius 1 is 1.04 bits per heavy atom. The van der Waals surface area contributed by atoms with Crippen LogP contribution in [0.15, 0.2) is 67.0 Å². The number of hydrogen-bond acceptors (Lipinski definition) is 2. The maximum absolute atomic E-state index is 12.4. The molecule has 2 heterocycles. The second kappa shape index (κ2) is 5.98. The van der Waals surface area contributed by atoms with E-state index in [4.69, 9.17) is 11.6 Å². The number of nitrogens with zero attached hydrogens (tertiary/aromatic N) is 2. The van der Waals surface area contributed by atoms with Crippen molar-refractivity contribution >= 4 is 39.6 Å². The minimum absolute atomic E-state index is 0.0964. The van der Waals surface area contributed by atoms with E-state index in [0.717, 1.165) is 22.1 Å². The number of pyridine rings is 1. The highest BCUT2D eigenvalue weighted by Gasteiger charge is 2.10. The quantitative estimate of drug-likeness (QED) is 0.606. The second-order valence-electron chi connectivity index (χ2n) is 5.60. The highest BCUT2D eigenvalue weighted by molar-refractivity contribution is 6.30. The Kier molecular flexibility index (Phi) is 3.67. The van der Waals surface area contributed by atoms with E-state index < -0.39 is 0 Å². The van der Waals surface area contributed by atoms with Crippen LogP contribution in [-0.2, 0) is 11.2 Å². The van der Waals surface area contributed by atoms with Crippen LogP contribution >= 0.6 is 11.6 Å². The maximum atomic E-state index is 12.4. The summed E-state index contributed by atoms with van der Waals surface area (Å²) in [5, 5.41) is 5.72. The van der Waals surface area contributed by atoms with Gasteiger partial charge in [-0.25, -0.2) is 4.98 Å². The summed E-state index contributed by atoms with van der Waals surface area (Å²) in [6, 6.07) is 17.4. The molecular weight excluding hydrogens is 322 g/mol. The van der Waals surface area contributed by atoms with Crippen molar-refractivity contribution in [1.82, 2.24) is 9.38 Å². The van der Waals surface area contributed by atoms with Crippen molar-refractivity contribution < 1.29 is 4.79 Å². The molecule has 1 amide bonds. The van der Waals surface area contributed by atoms with Crippen molar-refractivity contribution in [2.45, 2.75) is 6.42 Å². The van der Waals surface area contributed by atoms with Crippen LogP contribution in [0.3, 0.4) is 0 Å². The molecule has 4 aromatic rings. The van der Waals surface area contributed by atoms with Crippen molar-refractivity contribution in [3.8, 4) is 0 Å². The highest BCUT2D eigenvalue weighted by Crippen LogP contribution is 2.23. The topological polar surface area (TPSA) is 46.4 Å². The second-order valence-corrected chi connectivity index (χ2v) is 6.03. The van der Waals surface area contributed by atoms with Crippen LogP contribution in [0.5, 0.6) is 0 Å². The van der Waals surface area contributed by atoms with Crippen LogP contribution in [0.25, 0.3) is 16.4 Å². The molecule has 0 fully saturated rings. The van der Waals surface area contributed by atoms with Crippen LogP contribution in [0, 0.1) is 0 Å². The molecule has 0 aliphatic heterocycles. The maximum Gasteiger partial charge on any atom is 0.230 e. The Bertz CT molecular complexity index is 1050. The third kappa shape index (κ3) is 2.84. The fraction of sp³-hybridized carbons (Fsp3) is 0.0526. The Morgan fingerprint density at radius 3 is 2.79 bits per heavy atom. The molecule has 0 spiro atoms. The summed E-state index contributed by atoms with van der Waals surface area (Å²) in [5.41, 5.74) is 2.28. The van der Waals surface area contributed by atoms with Gasteiger partial charge in [-0.15, -0.1) is 0 Å². The fourth-order valence-corrected chi connectivity index (χ4v) is 2.96. The standard InChI is InChI=1S/C19H14ClN3O/c20-14-8-9-18-21-15(12-23(18)11-14)10-19(24)22-17-7-3-5-13-4-1-2-6-16(13)17/h1-9,11-12H,10H2,(H,22,24). The van der Waals surface area contributed by atoms with Gasteiger partial charge >= 0.3 is 0 Å². The summed E-state index contributed by atoms with van der Waals surface area (Å²) in [6.45, 7) is 0. The first kappa shape index (κ1) is 14.7. The van der Waals surface area contributed by atoms with Crippen molar-refractivity contribution in [3.63, 3.8) is 0 Å². The molecule has 2 aromatic carbocycles. The molecule has 0 saturated heterocycles. The minimum Gasteiger partial charge on any atom is -0.325 e. The van der Waals surface area contributed by atoms with E-state index in [2.05, 4.69) is 10.3 Å². The molecule has 0 radical (unpaired) electrons. The number of carbonyl (C=O) groups is 1. The first-order valence-corrected chi connectivity index (χ1v) is 7.97. The molecule has 0 aliphatic rings. The molecule has 0 unspecified atom stereocenters. The van der Waals surface area contributed by atoms with Crippen LogP contribution in [-0.4, -0.2) is 15.3 Å². The van der Waals surface area contributed by atoms with Crippen LogP contribution in [0.4, 0.5) is 5.69 Å². The summed E-state index contributed by atoms with van der Waals surface area (Å²) in [5.74, 6) is -0.0964. The van der Waals surface area contributed by atoms with E-state index in [0.29, 0.717) is 10.7 Å². The van der Waals surface area contributed by atoms with Gasteiger partial charge in [0.05, 0.1) is 17.1 Å². The van der Waals surface area contributed by atoms with Gasteiger partial charge in [-0.2, -0.15) is 0 Å². The van der Waals surface area contributed by atoms with Crippen molar-refractivity contribution in [3.05, 3.63) is 77.7 Å². The van der Waals surface area contributed by atoms with E-state index >= 15 is 0 Å². The number of nitrogens with one attached hydrogen (secondary N) is 1. The number of aromatic nitrogens is 2. The number of carbonyl (C=O) groups excluding carboxylic acids is 1. The molecule has 0 saturated carbocycles. The summed E-state index contributed by atoms with van der Waals surface area (Å²) in [4.78, 5) is 16.8. The zero-order valence-electron chi connectivity index (χ0n) is 12.7. The summed E-state index contributed by atoms with van der Waals surface area (Å²) in [6.07, 6.45) is 3.81. The van der Waals surface area contributed by atoms with Crippen molar-refractivity contribution in [2.75, 3.05) is 5.32 Å². The number of halogens is 1. The smallest absolute Gasteiger partial charge is 0.230 e. The number of amides is 1. The van der Waals surface area contributed by atoms with Gasteiger partial charge in [0.25, 0.3) is 0 Å². The lowest BCUT2D eigenvalue weighted by Gasteiger charge is -2.07. The lowest BCUT2D eigenvalue weighted by Crippen LogP contribution is -2.14. The van der Waals surface area contributed by atoms with E-state index in [1.807, 2.05) is 59.1 Å². The van der Waals surface area contributed by atoms with Gasteiger partial charge in [-0.1, -0.05) is 48.0 Å². The molecule has 1 N–H and O–H groups in total. The van der Waals surface area contributed by atoms with Crippen molar-refractivity contribution in [2.24, 2.45) is 0 Å². The van der Waals surface area contributed by atoms with Gasteiger partial charge in [-0.3, -0.25) is 4.79 Å². The van der Waals surface area contributed by atoms with E-state index in [1.165, 1.54) is 0 Å². The number of benzene rings is 2. The van der Waals surface area contributed by atoms with Gasteiger partial charge in [0.1, 0.15) is 5.65 Å². The lowest BCUT2D eigenvalue weighted by atomic mass is 10.1.